The second kappa shape index (κ2) is 7.16. The summed E-state index contributed by atoms with van der Waals surface area (Å²) in [6.45, 7) is 2.26. The van der Waals surface area contributed by atoms with Crippen LogP contribution in [0.1, 0.15) is 38.2 Å². The lowest BCUT2D eigenvalue weighted by Crippen LogP contribution is -2.24. The minimum absolute atomic E-state index is 0.239. The summed E-state index contributed by atoms with van der Waals surface area (Å²) in [6.07, 6.45) is 7.51. The molecule has 114 valence electrons. The lowest BCUT2D eigenvalue weighted by atomic mass is 9.89. The number of methoxy groups -OCH3 is 1. The van der Waals surface area contributed by atoms with E-state index in [0.29, 0.717) is 11.7 Å². The number of benzene rings is 1. The van der Waals surface area contributed by atoms with E-state index in [-0.39, 0.29) is 6.10 Å². The third-order valence-corrected chi connectivity index (χ3v) is 3.79. The lowest BCUT2D eigenvalue weighted by Gasteiger charge is -2.28. The van der Waals surface area contributed by atoms with Gasteiger partial charge in [0.2, 0.25) is 0 Å². The summed E-state index contributed by atoms with van der Waals surface area (Å²) >= 11 is 0. The van der Waals surface area contributed by atoms with E-state index in [4.69, 9.17) is 14.6 Å². The quantitative estimate of drug-likeness (QED) is 0.839. The Bertz CT molecular complexity index is 522. The number of carbonyl (C=O) groups is 1. The molecular formula is C17H22O4. The second-order valence-electron chi connectivity index (χ2n) is 5.59. The number of hydrogen-bond acceptors (Lipinski definition) is 3. The molecule has 2 rings (SSSR count). The highest BCUT2D eigenvalue weighted by atomic mass is 16.5. The molecule has 1 N–H and O–H groups in total. The lowest BCUT2D eigenvalue weighted by molar-refractivity contribution is -0.131. The van der Waals surface area contributed by atoms with Gasteiger partial charge in [-0.15, -0.1) is 0 Å². The van der Waals surface area contributed by atoms with Crippen LogP contribution in [-0.2, 0) is 4.79 Å². The highest BCUT2D eigenvalue weighted by Gasteiger charge is 2.21. The molecule has 0 amide bonds. The largest absolute Gasteiger partial charge is 0.493 e. The average molecular weight is 290 g/mol. The standard InChI is InChI=1S/C17H22O4/c1-12-4-3-5-14(10-12)21-15-8-6-13(7-9-17(18)19)11-16(15)20-2/h6-9,11-12,14H,3-5,10H2,1-2H3,(H,18,19). The van der Waals surface area contributed by atoms with Gasteiger partial charge in [-0.3, -0.25) is 0 Å². The Kier molecular flexibility index (Phi) is 5.26. The zero-order valence-electron chi connectivity index (χ0n) is 12.5. The molecule has 1 aromatic carbocycles. The summed E-state index contributed by atoms with van der Waals surface area (Å²) in [5, 5.41) is 8.65. The van der Waals surface area contributed by atoms with Gasteiger partial charge < -0.3 is 14.6 Å². The van der Waals surface area contributed by atoms with E-state index in [0.717, 1.165) is 30.2 Å². The van der Waals surface area contributed by atoms with Crippen LogP contribution < -0.4 is 9.47 Å². The monoisotopic (exact) mass is 290 g/mol. The fourth-order valence-corrected chi connectivity index (χ4v) is 2.72. The van der Waals surface area contributed by atoms with Gasteiger partial charge in [-0.2, -0.15) is 0 Å². The molecule has 1 aromatic rings. The maximum absolute atomic E-state index is 10.5. The molecule has 0 aliphatic heterocycles. The summed E-state index contributed by atoms with van der Waals surface area (Å²) in [5.41, 5.74) is 0.776. The summed E-state index contributed by atoms with van der Waals surface area (Å²) < 4.78 is 11.4. The van der Waals surface area contributed by atoms with Crippen LogP contribution >= 0.6 is 0 Å². The van der Waals surface area contributed by atoms with Crippen molar-refractivity contribution in [1.82, 2.24) is 0 Å². The van der Waals surface area contributed by atoms with Crippen LogP contribution in [0.3, 0.4) is 0 Å². The van der Waals surface area contributed by atoms with E-state index in [2.05, 4.69) is 6.92 Å². The van der Waals surface area contributed by atoms with Crippen LogP contribution in [0.4, 0.5) is 0 Å². The van der Waals surface area contributed by atoms with Gasteiger partial charge in [-0.25, -0.2) is 4.79 Å². The number of carboxylic acids is 1. The first-order chi connectivity index (χ1) is 10.1. The fraction of sp³-hybridized carbons (Fsp3) is 0.471. The first kappa shape index (κ1) is 15.4. The highest BCUT2D eigenvalue weighted by Crippen LogP contribution is 2.33. The summed E-state index contributed by atoms with van der Waals surface area (Å²) in [6, 6.07) is 5.48. The third kappa shape index (κ3) is 4.52. The van der Waals surface area contributed by atoms with Gasteiger partial charge in [0.15, 0.2) is 11.5 Å². The Balaban J connectivity index is 2.10. The van der Waals surface area contributed by atoms with Crippen molar-refractivity contribution in [2.45, 2.75) is 38.7 Å². The molecule has 2 unspecified atom stereocenters. The molecule has 1 saturated carbocycles. The normalized spacial score (nSPS) is 22.2. The molecule has 1 aliphatic carbocycles. The topological polar surface area (TPSA) is 55.8 Å². The first-order valence-corrected chi connectivity index (χ1v) is 7.34. The summed E-state index contributed by atoms with van der Waals surface area (Å²) in [4.78, 5) is 10.5. The second-order valence-corrected chi connectivity index (χ2v) is 5.59. The van der Waals surface area contributed by atoms with Crippen LogP contribution in [0, 0.1) is 5.92 Å². The molecule has 1 aliphatic rings. The van der Waals surface area contributed by atoms with Crippen LogP contribution in [0.5, 0.6) is 11.5 Å². The Morgan fingerprint density at radius 1 is 1.33 bits per heavy atom. The maximum Gasteiger partial charge on any atom is 0.328 e. The molecule has 4 nitrogen and oxygen atoms in total. The Labute approximate surface area is 125 Å². The molecule has 0 spiro atoms. The first-order valence-electron chi connectivity index (χ1n) is 7.34. The van der Waals surface area contributed by atoms with Gasteiger partial charge in [-0.05, 0) is 49.0 Å². The smallest absolute Gasteiger partial charge is 0.328 e. The van der Waals surface area contributed by atoms with E-state index >= 15 is 0 Å². The van der Waals surface area contributed by atoms with Crippen molar-refractivity contribution in [3.8, 4) is 11.5 Å². The van der Waals surface area contributed by atoms with Crippen molar-refractivity contribution in [2.24, 2.45) is 5.92 Å². The molecular weight excluding hydrogens is 268 g/mol. The predicted octanol–water partition coefficient (Wildman–Crippen LogP) is 3.75. The van der Waals surface area contributed by atoms with Crippen LogP contribution in [-0.4, -0.2) is 24.3 Å². The zero-order valence-corrected chi connectivity index (χ0v) is 12.5. The van der Waals surface area contributed by atoms with Crippen LogP contribution in [0.25, 0.3) is 6.08 Å². The predicted molar refractivity (Wildman–Crippen MR) is 81.7 cm³/mol. The molecule has 2 atom stereocenters. The van der Waals surface area contributed by atoms with E-state index in [1.54, 1.807) is 13.2 Å². The third-order valence-electron chi connectivity index (χ3n) is 3.79. The molecule has 0 aromatic heterocycles. The van der Waals surface area contributed by atoms with Gasteiger partial charge in [0.1, 0.15) is 0 Å². The molecule has 4 heteroatoms. The van der Waals surface area contributed by atoms with Gasteiger partial charge in [0.05, 0.1) is 13.2 Å². The number of hydrogen-bond donors (Lipinski definition) is 1. The molecule has 0 bridgehead atoms. The number of ether oxygens (including phenoxy) is 2. The minimum atomic E-state index is -0.967. The van der Waals surface area contributed by atoms with Crippen molar-refractivity contribution in [3.05, 3.63) is 29.8 Å². The number of aliphatic carboxylic acids is 1. The van der Waals surface area contributed by atoms with Crippen molar-refractivity contribution in [3.63, 3.8) is 0 Å². The summed E-state index contributed by atoms with van der Waals surface area (Å²) in [5.74, 6) is 1.10. The van der Waals surface area contributed by atoms with Crippen LogP contribution in [0.15, 0.2) is 24.3 Å². The maximum atomic E-state index is 10.5. The molecule has 1 fully saturated rings. The molecule has 0 saturated heterocycles. The van der Waals surface area contributed by atoms with Gasteiger partial charge in [0.25, 0.3) is 0 Å². The number of carboxylic acid groups (broad SMARTS) is 1. The molecule has 0 radical (unpaired) electrons. The molecule has 21 heavy (non-hydrogen) atoms. The SMILES string of the molecule is COc1cc(C=CC(=O)O)ccc1OC1CCCC(C)C1. The van der Waals surface area contributed by atoms with E-state index in [9.17, 15) is 4.79 Å². The summed E-state index contributed by atoms with van der Waals surface area (Å²) in [7, 11) is 1.59. The van der Waals surface area contributed by atoms with Gasteiger partial charge in [-0.1, -0.05) is 19.4 Å². The Morgan fingerprint density at radius 2 is 2.14 bits per heavy atom. The van der Waals surface area contributed by atoms with Crippen molar-refractivity contribution in [2.75, 3.05) is 7.11 Å². The highest BCUT2D eigenvalue weighted by molar-refractivity contribution is 5.85. The van der Waals surface area contributed by atoms with Gasteiger partial charge in [0, 0.05) is 6.08 Å². The Hall–Kier alpha value is -1.97. The van der Waals surface area contributed by atoms with E-state index < -0.39 is 5.97 Å². The van der Waals surface area contributed by atoms with E-state index in [1.807, 2.05) is 12.1 Å². The average Bonchev–Trinajstić information content (AvgIpc) is 2.46. The van der Waals surface area contributed by atoms with Crippen molar-refractivity contribution < 1.29 is 19.4 Å². The fourth-order valence-electron chi connectivity index (χ4n) is 2.72. The van der Waals surface area contributed by atoms with E-state index in [1.165, 1.54) is 18.9 Å². The molecule has 0 heterocycles. The van der Waals surface area contributed by atoms with Crippen molar-refractivity contribution >= 4 is 12.0 Å². The van der Waals surface area contributed by atoms with Gasteiger partial charge >= 0.3 is 5.97 Å². The number of rotatable bonds is 5. The zero-order chi connectivity index (χ0) is 15.2. The minimum Gasteiger partial charge on any atom is -0.493 e. The van der Waals surface area contributed by atoms with Crippen molar-refractivity contribution in [1.29, 1.82) is 0 Å². The Morgan fingerprint density at radius 3 is 2.81 bits per heavy atom. The van der Waals surface area contributed by atoms with Crippen LogP contribution in [0.2, 0.25) is 0 Å².